The summed E-state index contributed by atoms with van der Waals surface area (Å²) in [4.78, 5) is 42.7. The van der Waals surface area contributed by atoms with Crippen LogP contribution in [0.5, 0.6) is 0 Å². The molecule has 0 unspecified atom stereocenters. The third-order valence-electron chi connectivity index (χ3n) is 4.63. The van der Waals surface area contributed by atoms with Crippen LogP contribution in [0, 0.1) is 0 Å². The van der Waals surface area contributed by atoms with Crippen LogP contribution in [0.15, 0.2) is 0 Å². The zero-order valence-electron chi connectivity index (χ0n) is 20.2. The summed E-state index contributed by atoms with van der Waals surface area (Å²) >= 11 is 0. The summed E-state index contributed by atoms with van der Waals surface area (Å²) in [6, 6.07) is 0. The number of rotatable bonds is 9. The molecule has 0 amide bonds. The molecule has 2 fully saturated rings. The minimum Gasteiger partial charge on any atom is -0.790 e. The van der Waals surface area contributed by atoms with E-state index in [2.05, 4.69) is 9.05 Å². The van der Waals surface area contributed by atoms with E-state index in [9.17, 15) is 54.2 Å². The first-order chi connectivity index (χ1) is 14.6. The van der Waals surface area contributed by atoms with Crippen molar-refractivity contribution in [1.82, 2.24) is 0 Å². The van der Waals surface area contributed by atoms with Crippen molar-refractivity contribution in [2.75, 3.05) is 20.3 Å². The summed E-state index contributed by atoms with van der Waals surface area (Å²) < 4.78 is 49.7. The summed E-state index contributed by atoms with van der Waals surface area (Å²) in [5.74, 6) is 0. The number of aliphatic hydroxyl groups is 5. The smallest absolute Gasteiger partial charge is 0.790 e. The van der Waals surface area contributed by atoms with Gasteiger partial charge in [-0.2, -0.15) is 0 Å². The van der Waals surface area contributed by atoms with Crippen molar-refractivity contribution < 1.29 is 200 Å². The van der Waals surface area contributed by atoms with E-state index < -0.39 is 90.3 Å². The summed E-state index contributed by atoms with van der Waals surface area (Å²) in [5, 5.41) is 50.7. The van der Waals surface area contributed by atoms with E-state index in [0.29, 0.717) is 0 Å². The molecule has 0 radical (unpaired) electrons. The van der Waals surface area contributed by atoms with Crippen LogP contribution in [-0.4, -0.2) is 107 Å². The summed E-state index contributed by atoms with van der Waals surface area (Å²) in [5.41, 5.74) is 0. The van der Waals surface area contributed by atoms with Gasteiger partial charge >= 0.3 is 118 Å². The molecule has 36 heavy (non-hydrogen) atoms. The molecule has 2 aliphatic heterocycles. The molecule has 10 atom stereocenters. The maximum atomic E-state index is 10.7. The van der Waals surface area contributed by atoms with Crippen molar-refractivity contribution >= 4 is 15.6 Å². The number of methoxy groups -OCH3 is 1. The quantitative estimate of drug-likeness (QED) is 0.121. The Morgan fingerprint density at radius 2 is 1.08 bits per heavy atom. The molecule has 0 aromatic carbocycles. The van der Waals surface area contributed by atoms with Gasteiger partial charge in [-0.05, 0) is 0 Å². The Morgan fingerprint density at radius 1 is 0.667 bits per heavy atom. The molecule has 2 heterocycles. The van der Waals surface area contributed by atoms with Crippen LogP contribution in [0.2, 0.25) is 0 Å². The second kappa shape index (κ2) is 19.2. The van der Waals surface area contributed by atoms with Crippen molar-refractivity contribution in [3.05, 3.63) is 0 Å². The van der Waals surface area contributed by atoms with E-state index in [4.69, 9.17) is 18.9 Å². The molecule has 0 spiro atoms. The van der Waals surface area contributed by atoms with Gasteiger partial charge in [0.25, 0.3) is 0 Å². The Balaban J connectivity index is -0.00000272. The molecule has 190 valence electrons. The number of phosphoric acid groups is 2. The van der Waals surface area contributed by atoms with Gasteiger partial charge in [-0.25, -0.2) is 0 Å². The zero-order valence-corrected chi connectivity index (χ0v) is 30.0. The van der Waals surface area contributed by atoms with Crippen molar-refractivity contribution in [3.63, 3.8) is 0 Å². The standard InChI is InChI=1S/C13H26O17P2.4Na/c1-25-12-10(18)11(7(15)5(28-12)3-27-32(22,23)24)30-13-9(17)8(16)6(14)4(29-13)2-26-31(19,20)21;;;;/h4-18H,2-3H2,1H3,(H2,19,20,21)(H2,22,23,24);;;;/q;4*+1/p-4/t4-,5-,6-,7-,8+,9-,10-,11+,12-,13+;;;;/m1..../s1. The molecule has 2 rings (SSSR count). The number of aliphatic hydroxyl groups excluding tert-OH is 5. The van der Waals surface area contributed by atoms with Crippen LogP contribution < -0.4 is 138 Å². The number of phosphoric ester groups is 2. The maximum absolute atomic E-state index is 10.7. The molecule has 17 nitrogen and oxygen atoms in total. The van der Waals surface area contributed by atoms with Crippen molar-refractivity contribution in [1.29, 1.82) is 0 Å². The van der Waals surface area contributed by atoms with Crippen molar-refractivity contribution in [2.24, 2.45) is 0 Å². The molecule has 0 aromatic rings. The van der Waals surface area contributed by atoms with E-state index in [1.165, 1.54) is 0 Å². The van der Waals surface area contributed by atoms with Gasteiger partial charge in [0.15, 0.2) is 12.6 Å². The van der Waals surface area contributed by atoms with E-state index in [1.54, 1.807) is 0 Å². The topological polar surface area (TPSA) is 283 Å². The van der Waals surface area contributed by atoms with Crippen LogP contribution in [0.4, 0.5) is 0 Å². The molecule has 23 heteroatoms. The van der Waals surface area contributed by atoms with Crippen molar-refractivity contribution in [3.8, 4) is 0 Å². The van der Waals surface area contributed by atoms with E-state index in [-0.39, 0.29) is 118 Å². The second-order valence-electron chi connectivity index (χ2n) is 6.86. The second-order valence-corrected chi connectivity index (χ2v) is 9.17. The molecular formula is C13H22Na4O17P2. The molecule has 0 bridgehead atoms. The zero-order chi connectivity index (χ0) is 24.4. The number of hydrogen-bond donors (Lipinski definition) is 5. The molecule has 2 aliphatic rings. The van der Waals surface area contributed by atoms with Crippen LogP contribution in [0.25, 0.3) is 0 Å². The Hall–Kier alpha value is 3.86. The molecule has 2 saturated heterocycles. The van der Waals surface area contributed by atoms with Gasteiger partial charge in [0.1, 0.15) is 48.8 Å². The summed E-state index contributed by atoms with van der Waals surface area (Å²) in [6.07, 6.45) is -18.2. The average molecular weight is 604 g/mol. The fourth-order valence-corrected chi connectivity index (χ4v) is 3.71. The van der Waals surface area contributed by atoms with Gasteiger partial charge in [-0.3, -0.25) is 0 Å². The van der Waals surface area contributed by atoms with Gasteiger partial charge in [0.2, 0.25) is 0 Å². The van der Waals surface area contributed by atoms with E-state index in [0.717, 1.165) is 7.11 Å². The van der Waals surface area contributed by atoms with Gasteiger partial charge in [0.05, 0.1) is 28.9 Å². The van der Waals surface area contributed by atoms with Crippen LogP contribution in [0.3, 0.4) is 0 Å². The first-order valence-corrected chi connectivity index (χ1v) is 11.8. The first kappa shape index (κ1) is 44.3. The predicted octanol–water partition coefficient (Wildman–Crippen LogP) is -19.0. The third kappa shape index (κ3) is 13.4. The number of hydrogen-bond acceptors (Lipinski definition) is 17. The van der Waals surface area contributed by atoms with Gasteiger partial charge < -0.3 is 82.2 Å². The van der Waals surface area contributed by atoms with Crippen LogP contribution >= 0.6 is 15.6 Å². The Morgan fingerprint density at radius 3 is 1.50 bits per heavy atom. The minimum atomic E-state index is -5.49. The Bertz CT molecular complexity index is 714. The Labute approximate surface area is 294 Å². The van der Waals surface area contributed by atoms with Gasteiger partial charge in [0, 0.05) is 7.11 Å². The van der Waals surface area contributed by atoms with Crippen LogP contribution in [-0.2, 0) is 37.1 Å². The third-order valence-corrected chi connectivity index (χ3v) is 5.56. The molecular weight excluding hydrogens is 582 g/mol. The predicted molar refractivity (Wildman–Crippen MR) is 86.4 cm³/mol. The first-order valence-electron chi connectivity index (χ1n) is 8.87. The van der Waals surface area contributed by atoms with Gasteiger partial charge in [-0.1, -0.05) is 0 Å². The van der Waals surface area contributed by atoms with Gasteiger partial charge in [-0.15, -0.1) is 0 Å². The minimum absolute atomic E-state index is 0. The fraction of sp³-hybridized carbons (Fsp3) is 1.00. The molecule has 0 saturated carbocycles. The fourth-order valence-electron chi connectivity index (χ4n) is 3.05. The normalized spacial score (nSPS) is 36.9. The summed E-state index contributed by atoms with van der Waals surface area (Å²) in [6.45, 7) is -2.06. The molecule has 0 aliphatic carbocycles. The maximum Gasteiger partial charge on any atom is 1.00 e. The number of ether oxygens (including phenoxy) is 4. The van der Waals surface area contributed by atoms with E-state index in [1.807, 2.05) is 0 Å². The van der Waals surface area contributed by atoms with Crippen LogP contribution in [0.1, 0.15) is 0 Å². The monoisotopic (exact) mass is 604 g/mol. The van der Waals surface area contributed by atoms with E-state index >= 15 is 0 Å². The SMILES string of the molecule is CO[C@@H]1O[C@H](COP(=O)([O-])[O-])[C@@H](O)[C@H](O[C@@H]2O[C@H](COP(=O)([O-])[O-])[C@@H](O)[C@H](O)[C@H]2O)[C@H]1O.[Na+].[Na+].[Na+].[Na+]. The molecule has 5 N–H and O–H groups in total. The average Bonchev–Trinajstić information content (AvgIpc) is 2.68. The van der Waals surface area contributed by atoms with Crippen molar-refractivity contribution in [2.45, 2.75) is 61.4 Å². The molecule has 0 aromatic heterocycles. The summed E-state index contributed by atoms with van der Waals surface area (Å²) in [7, 11) is -9.88. The Kier molecular flexibility index (Phi) is 23.6. The largest absolute Gasteiger partial charge is 1.00 e.